The van der Waals surface area contributed by atoms with E-state index in [9.17, 15) is 0 Å². The molecule has 0 aliphatic rings. The molecule has 0 aromatic heterocycles. The van der Waals surface area contributed by atoms with E-state index < -0.39 is 0 Å². The van der Waals surface area contributed by atoms with Gasteiger partial charge in [-0.2, -0.15) is 0 Å². The van der Waals surface area contributed by atoms with E-state index in [1.165, 1.54) is 19.3 Å². The summed E-state index contributed by atoms with van der Waals surface area (Å²) < 4.78 is 12.0. The van der Waals surface area contributed by atoms with Crippen molar-refractivity contribution in [1.82, 2.24) is 0 Å². The van der Waals surface area contributed by atoms with E-state index in [-0.39, 0.29) is 6.10 Å². The Morgan fingerprint density at radius 2 is 1.93 bits per heavy atom. The second-order valence-electron chi connectivity index (χ2n) is 3.39. The van der Waals surface area contributed by atoms with Crippen LogP contribution in [-0.4, -0.2) is 19.3 Å². The highest BCUT2D eigenvalue weighted by Crippen LogP contribution is 2.15. The lowest BCUT2D eigenvalue weighted by molar-refractivity contribution is 0.0855. The van der Waals surface area contributed by atoms with Crippen molar-refractivity contribution in [3.05, 3.63) is 9.84 Å². The molecule has 1 unspecified atom stereocenters. The van der Waals surface area contributed by atoms with E-state index in [4.69, 9.17) is 9.47 Å². The Balaban J connectivity index is 3.95. The molecule has 0 heterocycles. The molecular weight excluding hydrogens is 303 g/mol. The Kier molecular flexibility index (Phi) is 10.9. The zero-order valence-electron chi connectivity index (χ0n) is 10.1. The fourth-order valence-electron chi connectivity index (χ4n) is 1.36. The van der Waals surface area contributed by atoms with Gasteiger partial charge in [-0.3, -0.25) is 0 Å². The Hall–Kier alpha value is 0.230. The largest absolute Gasteiger partial charge is 0.488 e. The molecule has 0 fully saturated rings. The molecule has 1 atom stereocenters. The van der Waals surface area contributed by atoms with Gasteiger partial charge < -0.3 is 9.47 Å². The van der Waals surface area contributed by atoms with E-state index in [1.54, 1.807) is 0 Å². The second-order valence-corrected chi connectivity index (χ2v) is 4.46. The van der Waals surface area contributed by atoms with Gasteiger partial charge in [0.2, 0.25) is 0 Å². The topological polar surface area (TPSA) is 18.5 Å². The number of rotatable bonds is 9. The summed E-state index contributed by atoms with van der Waals surface area (Å²) in [5.41, 5.74) is 0. The van der Waals surface area contributed by atoms with E-state index in [0.29, 0.717) is 0 Å². The Morgan fingerprint density at radius 1 is 1.20 bits per heavy atom. The molecule has 0 spiro atoms. The van der Waals surface area contributed by atoms with Crippen LogP contribution in [0.4, 0.5) is 0 Å². The number of ether oxygens (including phenoxy) is 2. The van der Waals surface area contributed by atoms with Gasteiger partial charge in [-0.05, 0) is 48.9 Å². The molecule has 0 aromatic carbocycles. The summed E-state index contributed by atoms with van der Waals surface area (Å²) in [5, 5.41) is 0. The summed E-state index contributed by atoms with van der Waals surface area (Å²) in [6.45, 7) is 7.74. The fraction of sp³-hybridized carbons (Fsp3) is 0.833. The molecule has 0 saturated carbocycles. The van der Waals surface area contributed by atoms with Crippen LogP contribution in [0.3, 0.4) is 0 Å². The zero-order valence-corrected chi connectivity index (χ0v) is 12.2. The van der Waals surface area contributed by atoms with Crippen LogP contribution in [0.2, 0.25) is 0 Å². The molecular formula is C12H23IO2. The first-order valence-corrected chi connectivity index (χ1v) is 6.94. The molecule has 90 valence electrons. The molecule has 0 radical (unpaired) electrons. The lowest BCUT2D eigenvalue weighted by Crippen LogP contribution is -2.10. The monoisotopic (exact) mass is 326 g/mol. The highest BCUT2D eigenvalue weighted by atomic mass is 127. The van der Waals surface area contributed by atoms with Crippen molar-refractivity contribution >= 4 is 22.6 Å². The first-order chi connectivity index (χ1) is 7.24. The van der Waals surface area contributed by atoms with Gasteiger partial charge in [-0.15, -0.1) is 0 Å². The van der Waals surface area contributed by atoms with E-state index in [2.05, 4.69) is 35.6 Å². The number of hydrogen-bond donors (Lipinski definition) is 0. The van der Waals surface area contributed by atoms with Gasteiger partial charge in [0.05, 0.1) is 12.7 Å². The predicted molar refractivity (Wildman–Crippen MR) is 73.3 cm³/mol. The molecule has 0 aliphatic carbocycles. The lowest BCUT2D eigenvalue weighted by atomic mass is 10.1. The predicted octanol–water partition coefficient (Wildman–Crippen LogP) is 4.28. The number of halogens is 1. The normalized spacial score (nSPS) is 14.0. The van der Waals surface area contributed by atoms with E-state index in [0.717, 1.165) is 23.4 Å². The minimum atomic E-state index is 0.222. The molecule has 0 N–H and O–H groups in total. The number of unbranched alkanes of at least 4 members (excludes halogenated alkanes) is 2. The Labute approximate surface area is 108 Å². The van der Waals surface area contributed by atoms with E-state index >= 15 is 0 Å². The van der Waals surface area contributed by atoms with Crippen LogP contribution in [0, 0.1) is 0 Å². The maximum atomic E-state index is 5.64. The second kappa shape index (κ2) is 10.7. The van der Waals surface area contributed by atoms with Crippen LogP contribution in [0.15, 0.2) is 9.84 Å². The Bertz CT molecular complexity index is 169. The molecule has 2 nitrogen and oxygen atoms in total. The Morgan fingerprint density at radius 3 is 2.47 bits per heavy atom. The molecule has 0 aliphatic heterocycles. The summed E-state index contributed by atoms with van der Waals surface area (Å²) in [5.74, 6) is 0. The van der Waals surface area contributed by atoms with Gasteiger partial charge in [-0.25, -0.2) is 0 Å². The van der Waals surface area contributed by atoms with Crippen molar-refractivity contribution in [1.29, 1.82) is 0 Å². The van der Waals surface area contributed by atoms with Gasteiger partial charge in [0.25, 0.3) is 0 Å². The molecule has 0 bridgehead atoms. The van der Waals surface area contributed by atoms with Crippen LogP contribution >= 0.6 is 22.6 Å². The zero-order chi connectivity index (χ0) is 11.5. The summed E-state index contributed by atoms with van der Waals surface area (Å²) >= 11 is 2.22. The molecule has 0 rings (SSSR count). The first-order valence-electron chi connectivity index (χ1n) is 5.86. The number of hydrogen-bond acceptors (Lipinski definition) is 2. The van der Waals surface area contributed by atoms with Crippen LogP contribution in [0.1, 0.15) is 46.5 Å². The maximum Gasteiger partial charge on any atom is 0.155 e. The molecule has 3 heteroatoms. The average Bonchev–Trinajstić information content (AvgIpc) is 2.18. The first kappa shape index (κ1) is 15.2. The third-order valence-corrected chi connectivity index (χ3v) is 2.74. The van der Waals surface area contributed by atoms with Crippen molar-refractivity contribution in [2.45, 2.75) is 52.6 Å². The van der Waals surface area contributed by atoms with Gasteiger partial charge in [0, 0.05) is 6.61 Å². The van der Waals surface area contributed by atoms with Crippen molar-refractivity contribution in [3.63, 3.8) is 0 Å². The van der Waals surface area contributed by atoms with Gasteiger partial charge in [-0.1, -0.05) is 26.2 Å². The van der Waals surface area contributed by atoms with Crippen LogP contribution < -0.4 is 0 Å². The average molecular weight is 326 g/mol. The highest BCUT2D eigenvalue weighted by Gasteiger charge is 2.06. The van der Waals surface area contributed by atoms with Crippen molar-refractivity contribution in [2.75, 3.05) is 13.2 Å². The minimum Gasteiger partial charge on any atom is -0.488 e. The van der Waals surface area contributed by atoms with Crippen molar-refractivity contribution in [3.8, 4) is 0 Å². The van der Waals surface area contributed by atoms with Crippen LogP contribution in [0.25, 0.3) is 0 Å². The highest BCUT2D eigenvalue weighted by molar-refractivity contribution is 14.1. The molecule has 0 amide bonds. The summed E-state index contributed by atoms with van der Waals surface area (Å²) in [6, 6.07) is 0. The van der Waals surface area contributed by atoms with Gasteiger partial charge in [0.15, 0.2) is 3.77 Å². The minimum absolute atomic E-state index is 0.222. The van der Waals surface area contributed by atoms with Crippen LogP contribution in [0.5, 0.6) is 0 Å². The summed E-state index contributed by atoms with van der Waals surface area (Å²) in [6.07, 6.45) is 7.17. The summed E-state index contributed by atoms with van der Waals surface area (Å²) in [7, 11) is 0. The third kappa shape index (κ3) is 9.18. The van der Waals surface area contributed by atoms with Gasteiger partial charge in [0.1, 0.15) is 0 Å². The quantitative estimate of drug-likeness (QED) is 0.358. The maximum absolute atomic E-state index is 5.64. The molecule has 0 saturated heterocycles. The smallest absolute Gasteiger partial charge is 0.155 e. The molecule has 0 aromatic rings. The lowest BCUT2D eigenvalue weighted by Gasteiger charge is -2.13. The SMILES string of the molecule is CCCCCC(C=C(I)OCC)OCC. The van der Waals surface area contributed by atoms with Gasteiger partial charge >= 0.3 is 0 Å². The summed E-state index contributed by atoms with van der Waals surface area (Å²) in [4.78, 5) is 0. The fourth-order valence-corrected chi connectivity index (χ4v) is 2.07. The standard InChI is InChI=1S/C12H23IO2/c1-4-7-8-9-11(14-5-2)10-12(13)15-6-3/h10-11H,4-9H2,1-3H3. The van der Waals surface area contributed by atoms with E-state index in [1.807, 2.05) is 13.8 Å². The van der Waals surface area contributed by atoms with Crippen molar-refractivity contribution < 1.29 is 9.47 Å². The molecule has 15 heavy (non-hydrogen) atoms. The third-order valence-electron chi connectivity index (χ3n) is 2.07. The van der Waals surface area contributed by atoms with Crippen LogP contribution in [-0.2, 0) is 9.47 Å². The van der Waals surface area contributed by atoms with Crippen molar-refractivity contribution in [2.24, 2.45) is 0 Å².